The van der Waals surface area contributed by atoms with E-state index in [0.717, 1.165) is 25.1 Å². The number of rotatable bonds is 4. The topological polar surface area (TPSA) is 41.6 Å². The second-order valence-electron chi connectivity index (χ2n) is 4.79. The van der Waals surface area contributed by atoms with E-state index in [0.29, 0.717) is 23.2 Å². The third-order valence-electron chi connectivity index (χ3n) is 3.58. The predicted octanol–water partition coefficient (Wildman–Crippen LogP) is 1.71. The van der Waals surface area contributed by atoms with Crippen LogP contribution in [0.4, 0.5) is 0 Å². The van der Waals surface area contributed by atoms with Gasteiger partial charge >= 0.3 is 0 Å². The van der Waals surface area contributed by atoms with Gasteiger partial charge in [0.1, 0.15) is 5.75 Å². The van der Waals surface area contributed by atoms with Crippen molar-refractivity contribution in [3.8, 4) is 5.75 Å². The summed E-state index contributed by atoms with van der Waals surface area (Å²) in [5.74, 6) is 0.801. The first-order chi connectivity index (χ1) is 9.11. The van der Waals surface area contributed by atoms with Crippen LogP contribution in [-0.2, 0) is 11.2 Å². The number of carbonyl (C=O) groups is 1. The Kier molecular flexibility index (Phi) is 4.66. The maximum absolute atomic E-state index is 12.2. The summed E-state index contributed by atoms with van der Waals surface area (Å²) in [4.78, 5) is 14.0. The molecule has 1 aromatic carbocycles. The first-order valence-corrected chi connectivity index (χ1v) is 6.78. The van der Waals surface area contributed by atoms with Gasteiger partial charge < -0.3 is 15.0 Å². The average molecular weight is 283 g/mol. The summed E-state index contributed by atoms with van der Waals surface area (Å²) in [7, 11) is 3.45. The van der Waals surface area contributed by atoms with Gasteiger partial charge in [0.25, 0.3) is 0 Å². The van der Waals surface area contributed by atoms with Crippen molar-refractivity contribution in [2.45, 2.75) is 18.9 Å². The molecular formula is C14H19ClN2O2. The molecule has 1 aromatic rings. The number of nitrogens with one attached hydrogen (secondary N) is 1. The maximum Gasteiger partial charge on any atom is 0.227 e. The monoisotopic (exact) mass is 282 g/mol. The first-order valence-electron chi connectivity index (χ1n) is 6.40. The number of likely N-dealkylation sites (N-methyl/N-ethyl adjacent to an activating group) is 1. The van der Waals surface area contributed by atoms with Crippen molar-refractivity contribution in [1.82, 2.24) is 10.2 Å². The maximum atomic E-state index is 12.2. The summed E-state index contributed by atoms with van der Waals surface area (Å²) in [6.07, 6.45) is 1.34. The third-order valence-corrected chi connectivity index (χ3v) is 3.93. The zero-order chi connectivity index (χ0) is 13.8. The number of benzene rings is 1. The lowest BCUT2D eigenvalue weighted by Gasteiger charge is -2.24. The number of methoxy groups -OCH3 is 1. The van der Waals surface area contributed by atoms with Gasteiger partial charge in [-0.05, 0) is 30.7 Å². The molecule has 1 N–H and O–H groups in total. The number of hydrogen-bond donors (Lipinski definition) is 1. The van der Waals surface area contributed by atoms with Gasteiger partial charge in [-0.1, -0.05) is 17.7 Å². The van der Waals surface area contributed by atoms with E-state index >= 15 is 0 Å². The van der Waals surface area contributed by atoms with Crippen molar-refractivity contribution in [2.75, 3.05) is 27.2 Å². The quantitative estimate of drug-likeness (QED) is 0.914. The highest BCUT2D eigenvalue weighted by Crippen LogP contribution is 2.23. The molecule has 0 spiro atoms. The molecule has 1 fully saturated rings. The number of amides is 1. The molecule has 1 amide bonds. The molecule has 1 saturated heterocycles. The van der Waals surface area contributed by atoms with E-state index < -0.39 is 0 Å². The molecule has 1 aliphatic rings. The standard InChI is InChI=1S/C14H19ClN2O2/c1-17(11-5-6-16-9-11)14(18)7-10-3-4-12(19-2)8-13(10)15/h3-4,8,11,16H,5-7,9H2,1-2H3/t11-/m0/s1. The number of hydrogen-bond acceptors (Lipinski definition) is 3. The lowest BCUT2D eigenvalue weighted by atomic mass is 10.1. The molecule has 1 heterocycles. The minimum absolute atomic E-state index is 0.0979. The van der Waals surface area contributed by atoms with Gasteiger partial charge in [-0.15, -0.1) is 0 Å². The Labute approximate surface area is 118 Å². The van der Waals surface area contributed by atoms with E-state index in [1.165, 1.54) is 0 Å². The van der Waals surface area contributed by atoms with Crippen molar-refractivity contribution in [3.05, 3.63) is 28.8 Å². The smallest absolute Gasteiger partial charge is 0.227 e. The van der Waals surface area contributed by atoms with Crippen LogP contribution in [0.3, 0.4) is 0 Å². The Hall–Kier alpha value is -1.26. The second kappa shape index (κ2) is 6.26. The molecule has 0 aliphatic carbocycles. The second-order valence-corrected chi connectivity index (χ2v) is 5.19. The van der Waals surface area contributed by atoms with Crippen LogP contribution in [0, 0.1) is 0 Å². The lowest BCUT2D eigenvalue weighted by molar-refractivity contribution is -0.130. The summed E-state index contributed by atoms with van der Waals surface area (Å²) < 4.78 is 5.10. The summed E-state index contributed by atoms with van der Waals surface area (Å²) in [5.41, 5.74) is 0.838. The van der Waals surface area contributed by atoms with Crippen LogP contribution in [0.15, 0.2) is 18.2 Å². The van der Waals surface area contributed by atoms with Gasteiger partial charge in [0, 0.05) is 24.7 Å². The highest BCUT2D eigenvalue weighted by Gasteiger charge is 2.23. The molecule has 104 valence electrons. The largest absolute Gasteiger partial charge is 0.497 e. The Morgan fingerprint density at radius 1 is 1.58 bits per heavy atom. The van der Waals surface area contributed by atoms with Gasteiger partial charge in [0.2, 0.25) is 5.91 Å². The molecule has 0 bridgehead atoms. The van der Waals surface area contributed by atoms with Crippen LogP contribution in [0.2, 0.25) is 5.02 Å². The van der Waals surface area contributed by atoms with Crippen molar-refractivity contribution >= 4 is 17.5 Å². The molecule has 0 unspecified atom stereocenters. The Morgan fingerprint density at radius 3 is 2.95 bits per heavy atom. The molecular weight excluding hydrogens is 264 g/mol. The highest BCUT2D eigenvalue weighted by molar-refractivity contribution is 6.31. The molecule has 4 nitrogen and oxygen atoms in total. The third kappa shape index (κ3) is 3.39. The van der Waals surface area contributed by atoms with Crippen LogP contribution >= 0.6 is 11.6 Å². The molecule has 0 saturated carbocycles. The van der Waals surface area contributed by atoms with Crippen molar-refractivity contribution in [1.29, 1.82) is 0 Å². The number of carbonyl (C=O) groups excluding carboxylic acids is 1. The highest BCUT2D eigenvalue weighted by atomic mass is 35.5. The molecule has 19 heavy (non-hydrogen) atoms. The van der Waals surface area contributed by atoms with E-state index in [9.17, 15) is 4.79 Å². The van der Waals surface area contributed by atoms with Crippen molar-refractivity contribution in [3.63, 3.8) is 0 Å². The Balaban J connectivity index is 2.01. The molecule has 1 aliphatic heterocycles. The lowest BCUT2D eigenvalue weighted by Crippen LogP contribution is -2.39. The van der Waals surface area contributed by atoms with Crippen LogP contribution < -0.4 is 10.1 Å². The van der Waals surface area contributed by atoms with Gasteiger partial charge in [-0.25, -0.2) is 0 Å². The first kappa shape index (κ1) is 14.2. The SMILES string of the molecule is COc1ccc(CC(=O)N(C)[C@H]2CCNC2)c(Cl)c1. The van der Waals surface area contributed by atoms with E-state index in [4.69, 9.17) is 16.3 Å². The zero-order valence-electron chi connectivity index (χ0n) is 11.3. The number of nitrogens with zero attached hydrogens (tertiary/aromatic N) is 1. The van der Waals surface area contributed by atoms with E-state index in [-0.39, 0.29) is 5.91 Å². The molecule has 0 radical (unpaired) electrons. The van der Waals surface area contributed by atoms with Gasteiger partial charge in [0.15, 0.2) is 0 Å². The molecule has 5 heteroatoms. The molecule has 0 aromatic heterocycles. The Morgan fingerprint density at radius 2 is 2.37 bits per heavy atom. The van der Waals surface area contributed by atoms with E-state index in [1.54, 1.807) is 13.2 Å². The summed E-state index contributed by atoms with van der Waals surface area (Å²) in [6, 6.07) is 5.71. The zero-order valence-corrected chi connectivity index (χ0v) is 12.0. The minimum atomic E-state index is 0.0979. The fourth-order valence-electron chi connectivity index (χ4n) is 2.26. The van der Waals surface area contributed by atoms with E-state index in [2.05, 4.69) is 5.32 Å². The Bertz CT molecular complexity index is 459. The minimum Gasteiger partial charge on any atom is -0.497 e. The van der Waals surface area contributed by atoms with Crippen molar-refractivity contribution in [2.24, 2.45) is 0 Å². The molecule has 2 rings (SSSR count). The van der Waals surface area contributed by atoms with Crippen LogP contribution in [-0.4, -0.2) is 44.1 Å². The normalized spacial score (nSPS) is 18.4. The van der Waals surface area contributed by atoms with Gasteiger partial charge in [-0.2, -0.15) is 0 Å². The van der Waals surface area contributed by atoms with E-state index in [1.807, 2.05) is 24.1 Å². The van der Waals surface area contributed by atoms with Gasteiger partial charge in [0.05, 0.1) is 13.5 Å². The number of ether oxygens (including phenoxy) is 1. The summed E-state index contributed by atoms with van der Waals surface area (Å²) in [5, 5.41) is 3.84. The van der Waals surface area contributed by atoms with Crippen molar-refractivity contribution < 1.29 is 9.53 Å². The van der Waals surface area contributed by atoms with Crippen LogP contribution in [0.1, 0.15) is 12.0 Å². The fourth-order valence-corrected chi connectivity index (χ4v) is 2.50. The number of halogens is 1. The van der Waals surface area contributed by atoms with Crippen LogP contribution in [0.25, 0.3) is 0 Å². The summed E-state index contributed by atoms with van der Waals surface area (Å²) >= 11 is 6.15. The predicted molar refractivity (Wildman–Crippen MR) is 75.8 cm³/mol. The van der Waals surface area contributed by atoms with Crippen LogP contribution in [0.5, 0.6) is 5.75 Å². The molecule has 1 atom stereocenters. The van der Waals surface area contributed by atoms with Gasteiger partial charge in [-0.3, -0.25) is 4.79 Å². The summed E-state index contributed by atoms with van der Waals surface area (Å²) in [6.45, 7) is 1.85. The fraction of sp³-hybridized carbons (Fsp3) is 0.500. The average Bonchev–Trinajstić information content (AvgIpc) is 2.94.